The Balaban J connectivity index is 1.60. The number of nitrogens with one attached hydrogen (secondary N) is 1. The van der Waals surface area contributed by atoms with E-state index < -0.39 is 0 Å². The van der Waals surface area contributed by atoms with Crippen LogP contribution in [0.2, 0.25) is 0 Å². The summed E-state index contributed by atoms with van der Waals surface area (Å²) in [7, 11) is 0. The number of amides is 1. The van der Waals surface area contributed by atoms with E-state index in [0.717, 1.165) is 31.5 Å². The maximum Gasteiger partial charge on any atom is 0.274 e. The minimum absolute atomic E-state index is 0.0527. The van der Waals surface area contributed by atoms with Crippen molar-refractivity contribution in [1.29, 1.82) is 0 Å². The highest BCUT2D eigenvalue weighted by Gasteiger charge is 2.31. The summed E-state index contributed by atoms with van der Waals surface area (Å²) in [6, 6.07) is 6.13. The average molecular weight is 310 g/mol. The molecular weight excluding hydrogens is 288 g/mol. The molecule has 120 valence electrons. The zero-order valence-corrected chi connectivity index (χ0v) is 13.2. The maximum atomic E-state index is 13.0. The molecule has 4 rings (SSSR count). The van der Waals surface area contributed by atoms with Crippen molar-refractivity contribution in [3.05, 3.63) is 47.5 Å². The first-order valence-electron chi connectivity index (χ1n) is 8.59. The lowest BCUT2D eigenvalue weighted by Crippen LogP contribution is -2.35. The summed E-state index contributed by atoms with van der Waals surface area (Å²) in [5.74, 6) is 0.640. The predicted octanol–water partition coefficient (Wildman–Crippen LogP) is 3.44. The fraction of sp³-hybridized carbons (Fsp3) is 0.500. The molecule has 1 aliphatic carbocycles. The number of hydrogen-bond acceptors (Lipinski definition) is 3. The van der Waals surface area contributed by atoms with Crippen LogP contribution < -0.4 is 0 Å². The van der Waals surface area contributed by atoms with Gasteiger partial charge in [0, 0.05) is 30.6 Å². The summed E-state index contributed by atoms with van der Waals surface area (Å²) in [5.41, 5.74) is 2.85. The van der Waals surface area contributed by atoms with Crippen molar-refractivity contribution in [1.82, 2.24) is 20.1 Å². The molecule has 5 heteroatoms. The van der Waals surface area contributed by atoms with Gasteiger partial charge in [-0.15, -0.1) is 0 Å². The number of pyridine rings is 1. The van der Waals surface area contributed by atoms with Gasteiger partial charge in [0.1, 0.15) is 5.69 Å². The zero-order valence-electron chi connectivity index (χ0n) is 13.2. The van der Waals surface area contributed by atoms with E-state index in [2.05, 4.69) is 15.2 Å². The molecule has 1 aliphatic heterocycles. The van der Waals surface area contributed by atoms with Gasteiger partial charge in [0.05, 0.1) is 6.04 Å². The molecule has 1 N–H and O–H groups in total. The van der Waals surface area contributed by atoms with Crippen LogP contribution in [0.5, 0.6) is 0 Å². The van der Waals surface area contributed by atoms with Gasteiger partial charge in [0.15, 0.2) is 0 Å². The van der Waals surface area contributed by atoms with Gasteiger partial charge < -0.3 is 4.90 Å². The second kappa shape index (κ2) is 6.14. The Kier molecular flexibility index (Phi) is 3.85. The molecule has 2 aliphatic rings. The van der Waals surface area contributed by atoms with E-state index in [1.165, 1.54) is 24.8 Å². The average Bonchev–Trinajstić information content (AvgIpc) is 3.37. The number of rotatable bonds is 3. The third-order valence-corrected chi connectivity index (χ3v) is 4.94. The van der Waals surface area contributed by atoms with Gasteiger partial charge in [-0.3, -0.25) is 14.9 Å². The first-order chi connectivity index (χ1) is 11.3. The smallest absolute Gasteiger partial charge is 0.274 e. The first-order valence-corrected chi connectivity index (χ1v) is 8.59. The van der Waals surface area contributed by atoms with Crippen LogP contribution in [0.3, 0.4) is 0 Å². The fourth-order valence-corrected chi connectivity index (χ4v) is 3.48. The summed E-state index contributed by atoms with van der Waals surface area (Å²) in [4.78, 5) is 19.1. The second-order valence-electron chi connectivity index (χ2n) is 6.63. The van der Waals surface area contributed by atoms with E-state index in [1.54, 1.807) is 0 Å². The molecule has 1 atom stereocenters. The monoisotopic (exact) mass is 310 g/mol. The highest BCUT2D eigenvalue weighted by molar-refractivity contribution is 5.92. The predicted molar refractivity (Wildman–Crippen MR) is 87.0 cm³/mol. The Hall–Kier alpha value is -2.17. The topological polar surface area (TPSA) is 61.9 Å². The molecule has 23 heavy (non-hydrogen) atoms. The Labute approximate surface area is 136 Å². The van der Waals surface area contributed by atoms with Crippen LogP contribution in [-0.4, -0.2) is 32.5 Å². The molecule has 0 unspecified atom stereocenters. The lowest BCUT2D eigenvalue weighted by Gasteiger charge is -2.29. The number of H-pyrrole nitrogens is 1. The number of likely N-dealkylation sites (tertiary alicyclic amines) is 1. The number of hydrogen-bond donors (Lipinski definition) is 1. The number of aromatic amines is 1. The van der Waals surface area contributed by atoms with Crippen LogP contribution in [0.15, 0.2) is 30.6 Å². The zero-order chi connectivity index (χ0) is 15.6. The molecule has 1 saturated heterocycles. The summed E-state index contributed by atoms with van der Waals surface area (Å²) in [6.07, 6.45) is 10.4. The van der Waals surface area contributed by atoms with Crippen molar-refractivity contribution in [3.8, 4) is 0 Å². The molecule has 2 aromatic rings. The number of carbonyl (C=O) groups is 1. The quantitative estimate of drug-likeness (QED) is 0.944. The number of nitrogens with zero attached hydrogens (tertiary/aromatic N) is 3. The standard InChI is InChI=1S/C18H22N4O/c23-18(16-12-15(20-21-16)13-5-6-13)22-11-3-1-2-4-17(22)14-7-9-19-10-8-14/h7-10,12-13,17H,1-6,11H2,(H,20,21)/t17-/m1/s1. The van der Waals surface area contributed by atoms with Crippen molar-refractivity contribution in [2.24, 2.45) is 0 Å². The van der Waals surface area contributed by atoms with E-state index in [9.17, 15) is 4.79 Å². The highest BCUT2D eigenvalue weighted by Crippen LogP contribution is 2.39. The van der Waals surface area contributed by atoms with E-state index in [0.29, 0.717) is 11.6 Å². The molecular formula is C18H22N4O. The Bertz CT molecular complexity index is 677. The van der Waals surface area contributed by atoms with Crippen molar-refractivity contribution in [3.63, 3.8) is 0 Å². The van der Waals surface area contributed by atoms with Crippen LogP contribution in [0.4, 0.5) is 0 Å². The minimum atomic E-state index is 0.0527. The van der Waals surface area contributed by atoms with Crippen molar-refractivity contribution in [2.75, 3.05) is 6.54 Å². The molecule has 3 heterocycles. The summed E-state index contributed by atoms with van der Waals surface area (Å²) in [5, 5.41) is 7.33. The lowest BCUT2D eigenvalue weighted by molar-refractivity contribution is 0.0674. The molecule has 2 fully saturated rings. The van der Waals surface area contributed by atoms with Crippen LogP contribution in [0.1, 0.15) is 72.2 Å². The van der Waals surface area contributed by atoms with Crippen molar-refractivity contribution < 1.29 is 4.79 Å². The van der Waals surface area contributed by atoms with Gasteiger partial charge in [-0.25, -0.2) is 0 Å². The van der Waals surface area contributed by atoms with Crippen LogP contribution >= 0.6 is 0 Å². The Morgan fingerprint density at radius 2 is 1.96 bits per heavy atom. The molecule has 1 amide bonds. The molecule has 0 aromatic carbocycles. The highest BCUT2D eigenvalue weighted by atomic mass is 16.2. The second-order valence-corrected chi connectivity index (χ2v) is 6.63. The van der Waals surface area contributed by atoms with Crippen LogP contribution in [0, 0.1) is 0 Å². The molecule has 2 aromatic heterocycles. The molecule has 5 nitrogen and oxygen atoms in total. The van der Waals surface area contributed by atoms with Gasteiger partial charge in [-0.2, -0.15) is 5.10 Å². The van der Waals surface area contributed by atoms with E-state index in [4.69, 9.17) is 0 Å². The van der Waals surface area contributed by atoms with Crippen LogP contribution in [0.25, 0.3) is 0 Å². The Morgan fingerprint density at radius 3 is 2.74 bits per heavy atom. The molecule has 0 radical (unpaired) electrons. The van der Waals surface area contributed by atoms with E-state index in [-0.39, 0.29) is 11.9 Å². The summed E-state index contributed by atoms with van der Waals surface area (Å²) >= 11 is 0. The number of aromatic nitrogens is 3. The molecule has 1 saturated carbocycles. The van der Waals surface area contributed by atoms with E-state index >= 15 is 0 Å². The number of carbonyl (C=O) groups excluding carboxylic acids is 1. The van der Waals surface area contributed by atoms with E-state index in [1.807, 2.05) is 35.5 Å². The van der Waals surface area contributed by atoms with Crippen LogP contribution in [-0.2, 0) is 0 Å². The summed E-state index contributed by atoms with van der Waals surface area (Å²) in [6.45, 7) is 0.803. The van der Waals surface area contributed by atoms with Gasteiger partial charge in [-0.05, 0) is 49.4 Å². The van der Waals surface area contributed by atoms with Gasteiger partial charge in [0.2, 0.25) is 0 Å². The largest absolute Gasteiger partial charge is 0.330 e. The SMILES string of the molecule is O=C(c1cc(C2CC2)[nH]n1)N1CCCCC[C@@H]1c1ccncc1. The first kappa shape index (κ1) is 14.4. The van der Waals surface area contributed by atoms with Gasteiger partial charge in [-0.1, -0.05) is 12.8 Å². The maximum absolute atomic E-state index is 13.0. The van der Waals surface area contributed by atoms with Gasteiger partial charge >= 0.3 is 0 Å². The van der Waals surface area contributed by atoms with Crippen molar-refractivity contribution >= 4 is 5.91 Å². The van der Waals surface area contributed by atoms with Gasteiger partial charge in [0.25, 0.3) is 5.91 Å². The summed E-state index contributed by atoms with van der Waals surface area (Å²) < 4.78 is 0. The van der Waals surface area contributed by atoms with Crippen molar-refractivity contribution in [2.45, 2.75) is 50.5 Å². The minimum Gasteiger partial charge on any atom is -0.330 e. The normalized spacial score (nSPS) is 21.9. The lowest BCUT2D eigenvalue weighted by atomic mass is 10.0. The molecule has 0 spiro atoms. The fourth-order valence-electron chi connectivity index (χ4n) is 3.48. The third kappa shape index (κ3) is 3.00. The third-order valence-electron chi connectivity index (χ3n) is 4.94. The Morgan fingerprint density at radius 1 is 1.13 bits per heavy atom. The molecule has 0 bridgehead atoms.